The summed E-state index contributed by atoms with van der Waals surface area (Å²) in [5, 5.41) is 5.95. The van der Waals surface area contributed by atoms with Crippen LogP contribution < -0.4 is 20.1 Å². The van der Waals surface area contributed by atoms with Crippen LogP contribution in [0.5, 0.6) is 11.5 Å². The van der Waals surface area contributed by atoms with Crippen LogP contribution in [-0.2, 0) is 0 Å². The topological polar surface area (TPSA) is 59.6 Å². The highest BCUT2D eigenvalue weighted by atomic mass is 79.9. The highest BCUT2D eigenvalue weighted by molar-refractivity contribution is 9.10. The van der Waals surface area contributed by atoms with Crippen molar-refractivity contribution in [2.75, 3.05) is 11.9 Å². The zero-order valence-corrected chi connectivity index (χ0v) is 20.8. The Balaban J connectivity index is 1.85. The standard InChI is InChI=1S/C24H31BrN2O3S/c1-4-6-7-8-15-29-22-14-9-18(16-21(22)25)23(28)27-24(31)26-19-10-12-20(13-11-19)30-17(3)5-2/h9-14,16-17H,4-8,15H2,1-3H3,(H2,26,27,28,31). The first-order chi connectivity index (χ1) is 14.9. The van der Waals surface area contributed by atoms with Gasteiger partial charge in [0.2, 0.25) is 0 Å². The summed E-state index contributed by atoms with van der Waals surface area (Å²) in [7, 11) is 0. The van der Waals surface area contributed by atoms with Gasteiger partial charge in [0.15, 0.2) is 5.11 Å². The largest absolute Gasteiger partial charge is 0.492 e. The van der Waals surface area contributed by atoms with E-state index in [0.717, 1.165) is 40.9 Å². The maximum atomic E-state index is 12.5. The van der Waals surface area contributed by atoms with Crippen LogP contribution in [0.2, 0.25) is 0 Å². The highest BCUT2D eigenvalue weighted by Gasteiger charge is 2.11. The number of benzene rings is 2. The smallest absolute Gasteiger partial charge is 0.257 e. The quantitative estimate of drug-likeness (QED) is 0.262. The van der Waals surface area contributed by atoms with Gasteiger partial charge in [-0.05, 0) is 90.4 Å². The Labute approximate surface area is 199 Å². The molecule has 1 atom stereocenters. The van der Waals surface area contributed by atoms with Crippen molar-refractivity contribution in [2.45, 2.75) is 59.0 Å². The van der Waals surface area contributed by atoms with Gasteiger partial charge >= 0.3 is 0 Å². The van der Waals surface area contributed by atoms with Gasteiger partial charge in [-0.1, -0.05) is 33.1 Å². The summed E-state index contributed by atoms with van der Waals surface area (Å²) in [5.41, 5.74) is 1.27. The molecule has 0 aliphatic carbocycles. The average Bonchev–Trinajstić information content (AvgIpc) is 2.75. The lowest BCUT2D eigenvalue weighted by molar-refractivity contribution is 0.0977. The molecule has 2 rings (SSSR count). The predicted molar refractivity (Wildman–Crippen MR) is 134 cm³/mol. The predicted octanol–water partition coefficient (Wildman–Crippen LogP) is 6.71. The minimum atomic E-state index is -0.288. The Hall–Kier alpha value is -2.12. The number of hydrogen-bond donors (Lipinski definition) is 2. The van der Waals surface area contributed by atoms with Crippen LogP contribution in [0, 0.1) is 0 Å². The lowest BCUT2D eigenvalue weighted by Gasteiger charge is -2.14. The van der Waals surface area contributed by atoms with E-state index in [1.54, 1.807) is 18.2 Å². The third kappa shape index (κ3) is 8.87. The van der Waals surface area contributed by atoms with E-state index in [9.17, 15) is 4.79 Å². The summed E-state index contributed by atoms with van der Waals surface area (Å²) in [4.78, 5) is 12.5. The molecule has 168 valence electrons. The maximum Gasteiger partial charge on any atom is 0.257 e. The van der Waals surface area contributed by atoms with Crippen molar-refractivity contribution < 1.29 is 14.3 Å². The molecular weight excluding hydrogens is 476 g/mol. The van der Waals surface area contributed by atoms with Crippen molar-refractivity contribution in [1.82, 2.24) is 5.32 Å². The van der Waals surface area contributed by atoms with Crippen molar-refractivity contribution in [1.29, 1.82) is 0 Å². The van der Waals surface area contributed by atoms with Crippen molar-refractivity contribution >= 4 is 44.9 Å². The van der Waals surface area contributed by atoms with Crippen LogP contribution in [0.15, 0.2) is 46.9 Å². The molecule has 0 saturated heterocycles. The first-order valence-corrected chi connectivity index (χ1v) is 11.9. The van der Waals surface area contributed by atoms with E-state index in [1.807, 2.05) is 31.2 Å². The summed E-state index contributed by atoms with van der Waals surface area (Å²) in [6.45, 7) is 6.96. The number of unbranched alkanes of at least 4 members (excludes halogenated alkanes) is 3. The molecule has 1 amide bonds. The fourth-order valence-electron chi connectivity index (χ4n) is 2.74. The van der Waals surface area contributed by atoms with E-state index in [1.165, 1.54) is 12.8 Å². The van der Waals surface area contributed by atoms with E-state index in [-0.39, 0.29) is 17.1 Å². The van der Waals surface area contributed by atoms with Crippen molar-refractivity contribution in [2.24, 2.45) is 0 Å². The second-order valence-corrected chi connectivity index (χ2v) is 8.59. The lowest BCUT2D eigenvalue weighted by Crippen LogP contribution is -2.34. The van der Waals surface area contributed by atoms with Gasteiger partial charge in [0, 0.05) is 11.3 Å². The van der Waals surface area contributed by atoms with E-state index < -0.39 is 0 Å². The second-order valence-electron chi connectivity index (χ2n) is 7.32. The van der Waals surface area contributed by atoms with Gasteiger partial charge < -0.3 is 14.8 Å². The molecule has 0 heterocycles. The fourth-order valence-corrected chi connectivity index (χ4v) is 3.44. The molecule has 2 aromatic rings. The number of hydrogen-bond acceptors (Lipinski definition) is 4. The molecule has 0 aromatic heterocycles. The van der Waals surface area contributed by atoms with Gasteiger partial charge in [-0.3, -0.25) is 10.1 Å². The number of thiocarbonyl (C=S) groups is 1. The Morgan fingerprint density at radius 1 is 1.10 bits per heavy atom. The zero-order valence-electron chi connectivity index (χ0n) is 18.4. The average molecular weight is 507 g/mol. The molecule has 31 heavy (non-hydrogen) atoms. The molecule has 5 nitrogen and oxygen atoms in total. The third-order valence-corrected chi connectivity index (χ3v) is 5.52. The number of ether oxygens (including phenoxy) is 2. The molecule has 0 aliphatic heterocycles. The maximum absolute atomic E-state index is 12.5. The third-order valence-electron chi connectivity index (χ3n) is 4.70. The van der Waals surface area contributed by atoms with Crippen LogP contribution in [0.3, 0.4) is 0 Å². The monoisotopic (exact) mass is 506 g/mol. The summed E-state index contributed by atoms with van der Waals surface area (Å²) < 4.78 is 12.3. The summed E-state index contributed by atoms with van der Waals surface area (Å²) in [6, 6.07) is 12.7. The first-order valence-electron chi connectivity index (χ1n) is 10.7. The minimum Gasteiger partial charge on any atom is -0.492 e. The zero-order chi connectivity index (χ0) is 22.6. The van der Waals surface area contributed by atoms with Crippen LogP contribution in [0.1, 0.15) is 63.2 Å². The molecule has 0 spiro atoms. The van der Waals surface area contributed by atoms with Crippen LogP contribution >= 0.6 is 28.1 Å². The lowest BCUT2D eigenvalue weighted by atomic mass is 10.2. The van der Waals surface area contributed by atoms with E-state index >= 15 is 0 Å². The number of carbonyl (C=O) groups excluding carboxylic acids is 1. The van der Waals surface area contributed by atoms with Crippen LogP contribution in [-0.4, -0.2) is 23.7 Å². The van der Waals surface area contributed by atoms with Crippen LogP contribution in [0.4, 0.5) is 5.69 Å². The Kier molecular flexibility index (Phi) is 10.8. The summed E-state index contributed by atoms with van der Waals surface area (Å²) in [5.74, 6) is 1.24. The Morgan fingerprint density at radius 2 is 1.84 bits per heavy atom. The van der Waals surface area contributed by atoms with E-state index in [2.05, 4.69) is 40.4 Å². The van der Waals surface area contributed by atoms with Gasteiger partial charge in [-0.25, -0.2) is 0 Å². The van der Waals surface area contributed by atoms with Gasteiger partial charge in [-0.15, -0.1) is 0 Å². The molecule has 0 aliphatic rings. The molecule has 2 N–H and O–H groups in total. The Bertz CT molecular complexity index is 858. The van der Waals surface area contributed by atoms with Crippen molar-refractivity contribution in [3.05, 3.63) is 52.5 Å². The number of nitrogens with one attached hydrogen (secondary N) is 2. The van der Waals surface area contributed by atoms with E-state index in [4.69, 9.17) is 21.7 Å². The van der Waals surface area contributed by atoms with Gasteiger partial charge in [0.25, 0.3) is 5.91 Å². The summed E-state index contributed by atoms with van der Waals surface area (Å²) >= 11 is 8.76. The molecule has 0 radical (unpaired) electrons. The summed E-state index contributed by atoms with van der Waals surface area (Å²) in [6.07, 6.45) is 5.70. The molecule has 0 saturated carbocycles. The second kappa shape index (κ2) is 13.3. The Morgan fingerprint density at radius 3 is 2.48 bits per heavy atom. The minimum absolute atomic E-state index is 0.163. The molecule has 0 fully saturated rings. The normalized spacial score (nSPS) is 11.5. The molecule has 2 aromatic carbocycles. The van der Waals surface area contributed by atoms with Gasteiger partial charge in [0.05, 0.1) is 17.2 Å². The number of halogens is 1. The van der Waals surface area contributed by atoms with Gasteiger partial charge in [0.1, 0.15) is 11.5 Å². The highest BCUT2D eigenvalue weighted by Crippen LogP contribution is 2.26. The molecule has 1 unspecified atom stereocenters. The fraction of sp³-hybridized carbons (Fsp3) is 0.417. The van der Waals surface area contributed by atoms with Crippen LogP contribution in [0.25, 0.3) is 0 Å². The van der Waals surface area contributed by atoms with Gasteiger partial charge in [-0.2, -0.15) is 0 Å². The number of carbonyl (C=O) groups is 1. The van der Waals surface area contributed by atoms with E-state index in [0.29, 0.717) is 12.2 Å². The molecule has 0 bridgehead atoms. The molecule has 7 heteroatoms. The number of rotatable bonds is 11. The SMILES string of the molecule is CCCCCCOc1ccc(C(=O)NC(=S)Nc2ccc(OC(C)CC)cc2)cc1Br. The number of anilines is 1. The first kappa shape index (κ1) is 25.1. The number of amides is 1. The van der Waals surface area contributed by atoms with Crippen molar-refractivity contribution in [3.63, 3.8) is 0 Å². The van der Waals surface area contributed by atoms with Crippen molar-refractivity contribution in [3.8, 4) is 11.5 Å². The molecular formula is C24H31BrN2O3S.